The van der Waals surface area contributed by atoms with Crippen LogP contribution in [0.1, 0.15) is 13.3 Å². The van der Waals surface area contributed by atoms with Crippen molar-refractivity contribution in [2.45, 2.75) is 19.4 Å². The molecule has 0 aromatic carbocycles. The predicted octanol–water partition coefficient (Wildman–Crippen LogP) is 0.00440. The van der Waals surface area contributed by atoms with Crippen LogP contribution in [0.5, 0.6) is 0 Å². The lowest BCUT2D eigenvalue weighted by Gasteiger charge is -2.34. The minimum Gasteiger partial charge on any atom is -0.348 e. The molecule has 1 N–H and O–H groups in total. The van der Waals surface area contributed by atoms with Gasteiger partial charge in [-0.15, -0.1) is 0 Å². The number of likely N-dealkylation sites (N-methyl/N-ethyl adjacent to an activating group) is 2. The average molecular weight is 213 g/mol. The number of hydrogen-bond acceptors (Lipinski definition) is 3. The predicted molar refractivity (Wildman–Crippen MR) is 61.8 cm³/mol. The van der Waals surface area contributed by atoms with Crippen molar-refractivity contribution in [2.24, 2.45) is 5.92 Å². The van der Waals surface area contributed by atoms with Crippen molar-refractivity contribution in [3.05, 3.63) is 0 Å². The lowest BCUT2D eigenvalue weighted by molar-refractivity contribution is -0.130. The van der Waals surface area contributed by atoms with E-state index < -0.39 is 0 Å². The summed E-state index contributed by atoms with van der Waals surface area (Å²) >= 11 is 0. The molecule has 2 atom stereocenters. The molecule has 0 aromatic rings. The van der Waals surface area contributed by atoms with Crippen LogP contribution in [0.3, 0.4) is 0 Å². The summed E-state index contributed by atoms with van der Waals surface area (Å²) in [6, 6.07) is 0.498. The fraction of sp³-hybridized carbons (Fsp3) is 0.909. The van der Waals surface area contributed by atoms with Crippen LogP contribution in [0, 0.1) is 5.92 Å². The first-order valence-electron chi connectivity index (χ1n) is 5.61. The molecule has 1 fully saturated rings. The second kappa shape index (κ2) is 5.47. The number of carbonyl (C=O) groups excluding carboxylic acids is 1. The third-order valence-corrected chi connectivity index (χ3v) is 3.05. The Morgan fingerprint density at radius 1 is 1.33 bits per heavy atom. The number of hydrogen-bond donors (Lipinski definition) is 1. The highest BCUT2D eigenvalue weighted by atomic mass is 16.2. The summed E-state index contributed by atoms with van der Waals surface area (Å²) in [5, 5.41) is 3.40. The molecule has 0 aliphatic carbocycles. The van der Waals surface area contributed by atoms with Gasteiger partial charge in [0, 0.05) is 26.7 Å². The first-order valence-corrected chi connectivity index (χ1v) is 5.61. The maximum atomic E-state index is 11.5. The monoisotopic (exact) mass is 213 g/mol. The molecule has 4 heteroatoms. The molecule has 1 aliphatic heterocycles. The fourth-order valence-electron chi connectivity index (χ4n) is 1.95. The highest BCUT2D eigenvalue weighted by Crippen LogP contribution is 2.13. The Hall–Kier alpha value is -0.610. The molecule has 88 valence electrons. The second-order valence-electron chi connectivity index (χ2n) is 4.86. The summed E-state index contributed by atoms with van der Waals surface area (Å²) < 4.78 is 0. The molecular formula is C11H23N3O. The maximum absolute atomic E-state index is 11.5. The molecule has 1 aliphatic rings. The first-order chi connectivity index (χ1) is 7.00. The van der Waals surface area contributed by atoms with E-state index in [2.05, 4.69) is 17.1 Å². The van der Waals surface area contributed by atoms with Gasteiger partial charge in [-0.3, -0.25) is 9.69 Å². The SMILES string of the molecule is CC1CNCC(N(C)CC(=O)N(C)C)C1. The largest absolute Gasteiger partial charge is 0.348 e. The van der Waals surface area contributed by atoms with Crippen molar-refractivity contribution in [1.82, 2.24) is 15.1 Å². The van der Waals surface area contributed by atoms with Crippen molar-refractivity contribution in [1.29, 1.82) is 0 Å². The lowest BCUT2D eigenvalue weighted by Crippen LogP contribution is -2.49. The van der Waals surface area contributed by atoms with Crippen molar-refractivity contribution >= 4 is 5.91 Å². The third kappa shape index (κ3) is 3.80. The summed E-state index contributed by atoms with van der Waals surface area (Å²) in [6.07, 6.45) is 1.18. The summed E-state index contributed by atoms with van der Waals surface area (Å²) in [5.74, 6) is 0.886. The topological polar surface area (TPSA) is 35.6 Å². The Morgan fingerprint density at radius 2 is 2.00 bits per heavy atom. The van der Waals surface area contributed by atoms with E-state index in [9.17, 15) is 4.79 Å². The van der Waals surface area contributed by atoms with E-state index in [4.69, 9.17) is 0 Å². The summed E-state index contributed by atoms with van der Waals surface area (Å²) in [4.78, 5) is 15.3. The molecule has 1 rings (SSSR count). The Bertz CT molecular complexity index is 218. The van der Waals surface area contributed by atoms with E-state index in [0.29, 0.717) is 18.5 Å². The molecule has 1 saturated heterocycles. The van der Waals surface area contributed by atoms with Crippen LogP contribution >= 0.6 is 0 Å². The van der Waals surface area contributed by atoms with E-state index in [1.165, 1.54) is 6.42 Å². The van der Waals surface area contributed by atoms with Gasteiger partial charge in [-0.05, 0) is 25.9 Å². The van der Waals surface area contributed by atoms with Gasteiger partial charge in [-0.25, -0.2) is 0 Å². The van der Waals surface area contributed by atoms with Gasteiger partial charge in [0.1, 0.15) is 0 Å². The van der Waals surface area contributed by atoms with Crippen LogP contribution in [0.2, 0.25) is 0 Å². The molecule has 0 saturated carbocycles. The Labute approximate surface area is 92.6 Å². The summed E-state index contributed by atoms with van der Waals surface area (Å²) in [7, 11) is 5.64. The summed E-state index contributed by atoms with van der Waals surface area (Å²) in [5.41, 5.74) is 0. The molecule has 1 amide bonds. The molecule has 4 nitrogen and oxygen atoms in total. The minimum atomic E-state index is 0.177. The van der Waals surface area contributed by atoms with Crippen LogP contribution < -0.4 is 5.32 Å². The molecule has 1 heterocycles. The number of piperidine rings is 1. The Balaban J connectivity index is 2.38. The number of nitrogens with zero attached hydrogens (tertiary/aromatic N) is 2. The number of nitrogens with one attached hydrogen (secondary N) is 1. The molecular weight excluding hydrogens is 190 g/mol. The Morgan fingerprint density at radius 3 is 2.53 bits per heavy atom. The van der Waals surface area contributed by atoms with Crippen LogP contribution in [-0.2, 0) is 4.79 Å². The van der Waals surface area contributed by atoms with Gasteiger partial charge in [0.05, 0.1) is 6.54 Å². The van der Waals surface area contributed by atoms with E-state index in [0.717, 1.165) is 13.1 Å². The maximum Gasteiger partial charge on any atom is 0.236 e. The highest BCUT2D eigenvalue weighted by Gasteiger charge is 2.23. The molecule has 0 bridgehead atoms. The number of carbonyl (C=O) groups is 1. The number of amides is 1. The molecule has 2 unspecified atom stereocenters. The van der Waals surface area contributed by atoms with Crippen LogP contribution in [-0.4, -0.2) is 62.5 Å². The van der Waals surface area contributed by atoms with Crippen molar-refractivity contribution < 1.29 is 4.79 Å². The van der Waals surface area contributed by atoms with Crippen molar-refractivity contribution in [3.63, 3.8) is 0 Å². The molecule has 0 spiro atoms. The molecule has 15 heavy (non-hydrogen) atoms. The zero-order valence-electron chi connectivity index (χ0n) is 10.3. The second-order valence-corrected chi connectivity index (χ2v) is 4.86. The van der Waals surface area contributed by atoms with Gasteiger partial charge < -0.3 is 10.2 Å². The number of rotatable bonds is 3. The highest BCUT2D eigenvalue weighted by molar-refractivity contribution is 5.77. The van der Waals surface area contributed by atoms with E-state index in [1.54, 1.807) is 19.0 Å². The smallest absolute Gasteiger partial charge is 0.236 e. The zero-order valence-corrected chi connectivity index (χ0v) is 10.3. The van der Waals surface area contributed by atoms with Gasteiger partial charge in [0.25, 0.3) is 0 Å². The van der Waals surface area contributed by atoms with Crippen LogP contribution in [0.4, 0.5) is 0 Å². The Kier molecular flexibility index (Phi) is 4.54. The normalized spacial score (nSPS) is 26.7. The average Bonchev–Trinajstić information content (AvgIpc) is 2.17. The molecule has 0 radical (unpaired) electrons. The van der Waals surface area contributed by atoms with Crippen molar-refractivity contribution in [3.8, 4) is 0 Å². The van der Waals surface area contributed by atoms with Gasteiger partial charge >= 0.3 is 0 Å². The van der Waals surface area contributed by atoms with Gasteiger partial charge in [-0.2, -0.15) is 0 Å². The van der Waals surface area contributed by atoms with E-state index >= 15 is 0 Å². The standard InChI is InChI=1S/C11H23N3O/c1-9-5-10(7-12-6-9)14(4)8-11(15)13(2)3/h9-10,12H,5-8H2,1-4H3. The van der Waals surface area contributed by atoms with E-state index in [1.807, 2.05) is 7.05 Å². The van der Waals surface area contributed by atoms with Gasteiger partial charge in [-0.1, -0.05) is 6.92 Å². The van der Waals surface area contributed by atoms with Crippen molar-refractivity contribution in [2.75, 3.05) is 40.8 Å². The van der Waals surface area contributed by atoms with Crippen LogP contribution in [0.25, 0.3) is 0 Å². The first kappa shape index (κ1) is 12.5. The van der Waals surface area contributed by atoms with E-state index in [-0.39, 0.29) is 5.91 Å². The third-order valence-electron chi connectivity index (χ3n) is 3.05. The van der Waals surface area contributed by atoms with Crippen LogP contribution in [0.15, 0.2) is 0 Å². The lowest BCUT2D eigenvalue weighted by atomic mass is 9.97. The fourth-order valence-corrected chi connectivity index (χ4v) is 1.95. The van der Waals surface area contributed by atoms with Gasteiger partial charge in [0.2, 0.25) is 5.91 Å². The zero-order chi connectivity index (χ0) is 11.4. The molecule has 0 aromatic heterocycles. The quantitative estimate of drug-likeness (QED) is 0.717. The summed E-state index contributed by atoms with van der Waals surface area (Å²) in [6.45, 7) is 4.88. The minimum absolute atomic E-state index is 0.177. The van der Waals surface area contributed by atoms with Gasteiger partial charge in [0.15, 0.2) is 0 Å².